The summed E-state index contributed by atoms with van der Waals surface area (Å²) >= 11 is 1.22. The largest absolute Gasteiger partial charge is 0.326 e. The van der Waals surface area contributed by atoms with Gasteiger partial charge in [-0.1, -0.05) is 0 Å². The zero-order valence-corrected chi connectivity index (χ0v) is 9.13. The number of nitrogens with two attached hydrogens (primary N) is 1. The van der Waals surface area contributed by atoms with Crippen LogP contribution in [0.25, 0.3) is 0 Å². The van der Waals surface area contributed by atoms with E-state index < -0.39 is 10.0 Å². The van der Waals surface area contributed by atoms with Crippen molar-refractivity contribution in [3.63, 3.8) is 0 Å². The second kappa shape index (κ2) is 3.75. The molecule has 0 radical (unpaired) electrons. The SMILES string of the molecule is CNS(=O)(=O)c1cc(C)c(CN)s1. The molecule has 0 aromatic carbocycles. The smallest absolute Gasteiger partial charge is 0.249 e. The fourth-order valence-corrected chi connectivity index (χ4v) is 3.23. The van der Waals surface area contributed by atoms with Crippen LogP contribution in [0.5, 0.6) is 0 Å². The maximum absolute atomic E-state index is 11.3. The number of hydrogen-bond acceptors (Lipinski definition) is 4. The third-order valence-corrected chi connectivity index (χ3v) is 4.86. The number of hydrogen-bond donors (Lipinski definition) is 2. The average Bonchev–Trinajstić information content (AvgIpc) is 2.47. The second-order valence-corrected chi connectivity index (χ2v) is 5.83. The fourth-order valence-electron chi connectivity index (χ4n) is 0.924. The van der Waals surface area contributed by atoms with E-state index in [0.29, 0.717) is 10.8 Å². The van der Waals surface area contributed by atoms with Gasteiger partial charge in [0.1, 0.15) is 4.21 Å². The summed E-state index contributed by atoms with van der Waals surface area (Å²) in [4.78, 5) is 0.911. The molecular formula is C7H12N2O2S2. The molecule has 0 atom stereocenters. The summed E-state index contributed by atoms with van der Waals surface area (Å²) < 4.78 is 25.3. The van der Waals surface area contributed by atoms with Gasteiger partial charge in [0.15, 0.2) is 0 Å². The molecule has 0 saturated carbocycles. The molecule has 0 amide bonds. The van der Waals surface area contributed by atoms with Crippen molar-refractivity contribution < 1.29 is 8.42 Å². The number of thiophene rings is 1. The average molecular weight is 220 g/mol. The topological polar surface area (TPSA) is 72.2 Å². The minimum absolute atomic E-state index is 0.327. The standard InChI is InChI=1S/C7H12N2O2S2/c1-5-3-7(12-6(5)4-8)13(10,11)9-2/h3,9H,4,8H2,1-2H3. The van der Waals surface area contributed by atoms with E-state index >= 15 is 0 Å². The molecule has 0 spiro atoms. The highest BCUT2D eigenvalue weighted by Gasteiger charge is 2.15. The van der Waals surface area contributed by atoms with E-state index in [2.05, 4.69) is 4.72 Å². The van der Waals surface area contributed by atoms with E-state index in [0.717, 1.165) is 10.4 Å². The summed E-state index contributed by atoms with van der Waals surface area (Å²) in [6, 6.07) is 1.64. The first-order valence-corrected chi connectivity index (χ1v) is 6.04. The first-order chi connectivity index (χ1) is 6.01. The van der Waals surface area contributed by atoms with Gasteiger partial charge >= 0.3 is 0 Å². The minimum atomic E-state index is -3.30. The highest BCUT2D eigenvalue weighted by molar-refractivity contribution is 7.91. The van der Waals surface area contributed by atoms with E-state index in [1.807, 2.05) is 6.92 Å². The van der Waals surface area contributed by atoms with Crippen LogP contribution in [-0.2, 0) is 16.6 Å². The van der Waals surface area contributed by atoms with Crippen molar-refractivity contribution in [1.29, 1.82) is 0 Å². The predicted octanol–water partition coefficient (Wildman–Crippen LogP) is 0.423. The van der Waals surface area contributed by atoms with Crippen LogP contribution in [0.15, 0.2) is 10.3 Å². The van der Waals surface area contributed by atoms with E-state index in [4.69, 9.17) is 5.73 Å². The van der Waals surface area contributed by atoms with Crippen molar-refractivity contribution in [1.82, 2.24) is 4.72 Å². The highest BCUT2D eigenvalue weighted by Crippen LogP contribution is 2.24. The molecule has 0 aliphatic rings. The van der Waals surface area contributed by atoms with Crippen molar-refractivity contribution >= 4 is 21.4 Å². The molecule has 0 bridgehead atoms. The van der Waals surface area contributed by atoms with Crippen LogP contribution in [0.2, 0.25) is 0 Å². The van der Waals surface area contributed by atoms with E-state index in [1.54, 1.807) is 6.07 Å². The Labute approximate surface area is 81.8 Å². The molecular weight excluding hydrogens is 208 g/mol. The summed E-state index contributed by atoms with van der Waals surface area (Å²) in [7, 11) is -1.90. The van der Waals surface area contributed by atoms with Gasteiger partial charge in [0, 0.05) is 11.4 Å². The third kappa shape index (κ3) is 2.08. The summed E-state index contributed by atoms with van der Waals surface area (Å²) in [5.41, 5.74) is 6.38. The lowest BCUT2D eigenvalue weighted by Crippen LogP contribution is -2.17. The van der Waals surface area contributed by atoms with Gasteiger partial charge < -0.3 is 5.73 Å². The van der Waals surface area contributed by atoms with Crippen molar-refractivity contribution in [3.05, 3.63) is 16.5 Å². The van der Waals surface area contributed by atoms with Gasteiger partial charge in [-0.15, -0.1) is 11.3 Å². The van der Waals surface area contributed by atoms with Crippen molar-refractivity contribution in [3.8, 4) is 0 Å². The van der Waals surface area contributed by atoms with Gasteiger partial charge in [-0.3, -0.25) is 0 Å². The van der Waals surface area contributed by atoms with Crippen LogP contribution in [0, 0.1) is 6.92 Å². The number of aryl methyl sites for hydroxylation is 1. The van der Waals surface area contributed by atoms with Crippen LogP contribution in [0.3, 0.4) is 0 Å². The molecule has 1 heterocycles. The molecule has 3 N–H and O–H groups in total. The van der Waals surface area contributed by atoms with Crippen molar-refractivity contribution in [2.45, 2.75) is 17.7 Å². The quantitative estimate of drug-likeness (QED) is 0.775. The Bertz CT molecular complexity index is 395. The lowest BCUT2D eigenvalue weighted by Gasteiger charge is -1.95. The first kappa shape index (κ1) is 10.6. The Morgan fingerprint density at radius 1 is 1.62 bits per heavy atom. The van der Waals surface area contributed by atoms with Crippen LogP contribution in [-0.4, -0.2) is 15.5 Å². The zero-order valence-electron chi connectivity index (χ0n) is 7.49. The predicted molar refractivity (Wildman–Crippen MR) is 53.2 cm³/mol. The lowest BCUT2D eigenvalue weighted by molar-refractivity contribution is 0.590. The summed E-state index contributed by atoms with van der Waals surface area (Å²) in [6.45, 7) is 2.24. The van der Waals surface area contributed by atoms with Gasteiger partial charge in [-0.25, -0.2) is 13.1 Å². The molecule has 13 heavy (non-hydrogen) atoms. The number of nitrogens with one attached hydrogen (secondary N) is 1. The van der Waals surface area contributed by atoms with Crippen LogP contribution in [0.4, 0.5) is 0 Å². The molecule has 0 aliphatic heterocycles. The van der Waals surface area contributed by atoms with Gasteiger partial charge in [0.05, 0.1) is 0 Å². The maximum atomic E-state index is 11.3. The molecule has 1 rings (SSSR count). The Kier molecular flexibility index (Phi) is 3.07. The van der Waals surface area contributed by atoms with E-state index in [9.17, 15) is 8.42 Å². The summed E-state index contributed by atoms with van der Waals surface area (Å²) in [5.74, 6) is 0. The van der Waals surface area contributed by atoms with E-state index in [-0.39, 0.29) is 0 Å². The first-order valence-electron chi connectivity index (χ1n) is 3.74. The van der Waals surface area contributed by atoms with Crippen molar-refractivity contribution in [2.24, 2.45) is 5.73 Å². The van der Waals surface area contributed by atoms with Crippen LogP contribution < -0.4 is 10.5 Å². The Morgan fingerprint density at radius 3 is 2.62 bits per heavy atom. The van der Waals surface area contributed by atoms with Gasteiger partial charge in [-0.05, 0) is 25.6 Å². The molecule has 6 heteroatoms. The molecule has 0 unspecified atom stereocenters. The molecule has 74 valence electrons. The maximum Gasteiger partial charge on any atom is 0.249 e. The normalized spacial score (nSPS) is 11.9. The Morgan fingerprint density at radius 2 is 2.23 bits per heavy atom. The monoisotopic (exact) mass is 220 g/mol. The van der Waals surface area contributed by atoms with Crippen molar-refractivity contribution in [2.75, 3.05) is 7.05 Å². The molecule has 0 saturated heterocycles. The van der Waals surface area contributed by atoms with Gasteiger partial charge in [0.25, 0.3) is 0 Å². The Hall–Kier alpha value is -0.430. The minimum Gasteiger partial charge on any atom is -0.326 e. The molecule has 0 fully saturated rings. The lowest BCUT2D eigenvalue weighted by atomic mass is 10.3. The second-order valence-electron chi connectivity index (χ2n) is 2.58. The fraction of sp³-hybridized carbons (Fsp3) is 0.429. The zero-order chi connectivity index (χ0) is 10.1. The van der Waals surface area contributed by atoms with Crippen LogP contribution >= 0.6 is 11.3 Å². The van der Waals surface area contributed by atoms with E-state index in [1.165, 1.54) is 18.4 Å². The number of sulfonamides is 1. The van der Waals surface area contributed by atoms with Gasteiger partial charge in [0.2, 0.25) is 10.0 Å². The Balaban J connectivity index is 3.19. The third-order valence-electron chi connectivity index (χ3n) is 1.72. The molecule has 4 nitrogen and oxygen atoms in total. The molecule has 1 aromatic rings. The molecule has 0 aliphatic carbocycles. The molecule has 1 aromatic heterocycles. The summed E-state index contributed by atoms with van der Waals surface area (Å²) in [5, 5.41) is 0. The number of rotatable bonds is 3. The highest BCUT2D eigenvalue weighted by atomic mass is 32.2. The van der Waals surface area contributed by atoms with Gasteiger partial charge in [-0.2, -0.15) is 0 Å². The van der Waals surface area contributed by atoms with Crippen LogP contribution in [0.1, 0.15) is 10.4 Å². The summed E-state index contributed by atoms with van der Waals surface area (Å²) in [6.07, 6.45) is 0.